The molecule has 2 atom stereocenters. The predicted octanol–water partition coefficient (Wildman–Crippen LogP) is 3.30. The van der Waals surface area contributed by atoms with E-state index >= 15 is 0 Å². The maximum atomic E-state index is 13.0. The number of hydrogen-bond acceptors (Lipinski definition) is 2. The van der Waals surface area contributed by atoms with Crippen LogP contribution in [0.2, 0.25) is 0 Å². The number of rotatable bonds is 6. The van der Waals surface area contributed by atoms with Gasteiger partial charge in [0.2, 0.25) is 0 Å². The zero-order valence-corrected chi connectivity index (χ0v) is 10.5. The van der Waals surface area contributed by atoms with Gasteiger partial charge in [0, 0.05) is 19.8 Å². The zero-order valence-electron chi connectivity index (χ0n) is 10.5. The van der Waals surface area contributed by atoms with Gasteiger partial charge in [0.1, 0.15) is 6.04 Å². The van der Waals surface area contributed by atoms with Crippen LogP contribution in [0.25, 0.3) is 0 Å². The molecule has 0 aliphatic heterocycles. The van der Waals surface area contributed by atoms with Crippen molar-refractivity contribution in [1.29, 1.82) is 0 Å². The van der Waals surface area contributed by atoms with Crippen LogP contribution in [0.15, 0.2) is 30.3 Å². The van der Waals surface area contributed by atoms with Crippen molar-refractivity contribution >= 4 is 0 Å². The van der Waals surface area contributed by atoms with E-state index in [0.29, 0.717) is 13.0 Å². The van der Waals surface area contributed by atoms with Crippen molar-refractivity contribution in [3.8, 4) is 0 Å². The molecule has 0 bridgehead atoms. The number of hydrogen-bond donors (Lipinski definition) is 1. The van der Waals surface area contributed by atoms with Crippen LogP contribution in [0, 0.1) is 0 Å². The molecular formula is C13H18F3NO. The molecule has 102 valence electrons. The van der Waals surface area contributed by atoms with Crippen LogP contribution < -0.4 is 5.32 Å². The lowest BCUT2D eigenvalue weighted by Gasteiger charge is -2.25. The van der Waals surface area contributed by atoms with Gasteiger partial charge in [-0.1, -0.05) is 30.3 Å². The van der Waals surface area contributed by atoms with Crippen LogP contribution in [-0.4, -0.2) is 25.9 Å². The Morgan fingerprint density at radius 1 is 1.22 bits per heavy atom. The average Bonchev–Trinajstić information content (AvgIpc) is 2.33. The Bertz CT molecular complexity index is 340. The first-order valence-corrected chi connectivity index (χ1v) is 5.81. The van der Waals surface area contributed by atoms with E-state index in [4.69, 9.17) is 4.74 Å². The molecule has 0 aliphatic rings. The minimum atomic E-state index is -4.30. The molecule has 0 spiro atoms. The normalized spacial score (nSPS) is 15.4. The lowest BCUT2D eigenvalue weighted by Crippen LogP contribution is -2.39. The summed E-state index contributed by atoms with van der Waals surface area (Å²) in [6.07, 6.45) is -3.77. The van der Waals surface area contributed by atoms with Gasteiger partial charge in [-0.05, 0) is 18.9 Å². The maximum absolute atomic E-state index is 13.0. The monoisotopic (exact) mass is 261 g/mol. The van der Waals surface area contributed by atoms with E-state index in [1.54, 1.807) is 25.1 Å². The predicted molar refractivity (Wildman–Crippen MR) is 64.3 cm³/mol. The van der Waals surface area contributed by atoms with Crippen molar-refractivity contribution in [2.45, 2.75) is 31.6 Å². The summed E-state index contributed by atoms with van der Waals surface area (Å²) in [5.41, 5.74) is 0.231. The van der Waals surface area contributed by atoms with Gasteiger partial charge in [-0.15, -0.1) is 0 Å². The molecule has 1 aromatic carbocycles. The molecule has 1 aromatic rings. The largest absolute Gasteiger partial charge is 0.407 e. The molecule has 2 unspecified atom stereocenters. The van der Waals surface area contributed by atoms with E-state index in [1.165, 1.54) is 19.2 Å². The molecular weight excluding hydrogens is 243 g/mol. The molecule has 0 aliphatic carbocycles. The Morgan fingerprint density at radius 2 is 1.83 bits per heavy atom. The lowest BCUT2D eigenvalue weighted by molar-refractivity contribution is -0.159. The lowest BCUT2D eigenvalue weighted by atomic mass is 10.1. The first kappa shape index (κ1) is 15.0. The van der Waals surface area contributed by atoms with E-state index in [-0.39, 0.29) is 11.6 Å². The summed E-state index contributed by atoms with van der Waals surface area (Å²) < 4.78 is 43.8. The summed E-state index contributed by atoms with van der Waals surface area (Å²) in [4.78, 5) is 0. The molecule has 0 heterocycles. The maximum Gasteiger partial charge on any atom is 0.407 e. The minimum absolute atomic E-state index is 0.231. The van der Waals surface area contributed by atoms with Crippen LogP contribution in [0.3, 0.4) is 0 Å². The Hall–Kier alpha value is -1.07. The molecule has 0 aromatic heterocycles. The molecule has 0 fully saturated rings. The van der Waals surface area contributed by atoms with Gasteiger partial charge in [0.25, 0.3) is 0 Å². The first-order chi connectivity index (χ1) is 8.45. The quantitative estimate of drug-likeness (QED) is 0.848. The van der Waals surface area contributed by atoms with Crippen LogP contribution in [-0.2, 0) is 4.74 Å². The van der Waals surface area contributed by atoms with Crippen molar-refractivity contribution in [2.75, 3.05) is 13.7 Å². The average molecular weight is 261 g/mol. The van der Waals surface area contributed by atoms with E-state index < -0.39 is 12.2 Å². The molecule has 0 amide bonds. The third-order valence-electron chi connectivity index (χ3n) is 2.67. The van der Waals surface area contributed by atoms with E-state index in [1.807, 2.05) is 0 Å². The Kier molecular flexibility index (Phi) is 5.62. The SMILES string of the molecule is COCCC(C)NC(c1ccccc1)C(F)(F)F. The van der Waals surface area contributed by atoms with Crippen LogP contribution in [0.4, 0.5) is 13.2 Å². The van der Waals surface area contributed by atoms with Gasteiger partial charge in [-0.3, -0.25) is 5.32 Å². The van der Waals surface area contributed by atoms with Crippen LogP contribution in [0.1, 0.15) is 24.9 Å². The summed E-state index contributed by atoms with van der Waals surface area (Å²) in [5.74, 6) is 0. The number of halogens is 3. The summed E-state index contributed by atoms with van der Waals surface area (Å²) >= 11 is 0. The molecule has 0 saturated heterocycles. The third-order valence-corrected chi connectivity index (χ3v) is 2.67. The fraction of sp³-hybridized carbons (Fsp3) is 0.538. The van der Waals surface area contributed by atoms with Gasteiger partial charge >= 0.3 is 6.18 Å². The minimum Gasteiger partial charge on any atom is -0.385 e. The molecule has 5 heteroatoms. The van der Waals surface area contributed by atoms with E-state index in [9.17, 15) is 13.2 Å². The highest BCUT2D eigenvalue weighted by Gasteiger charge is 2.41. The fourth-order valence-corrected chi connectivity index (χ4v) is 1.69. The van der Waals surface area contributed by atoms with Crippen LogP contribution in [0.5, 0.6) is 0 Å². The van der Waals surface area contributed by atoms with E-state index in [2.05, 4.69) is 5.32 Å². The first-order valence-electron chi connectivity index (χ1n) is 5.81. The van der Waals surface area contributed by atoms with E-state index in [0.717, 1.165) is 0 Å². The topological polar surface area (TPSA) is 21.3 Å². The van der Waals surface area contributed by atoms with Gasteiger partial charge in [0.15, 0.2) is 0 Å². The van der Waals surface area contributed by atoms with Crippen molar-refractivity contribution in [2.24, 2.45) is 0 Å². The van der Waals surface area contributed by atoms with Gasteiger partial charge in [0.05, 0.1) is 0 Å². The smallest absolute Gasteiger partial charge is 0.385 e. The highest BCUT2D eigenvalue weighted by molar-refractivity contribution is 5.20. The molecule has 0 radical (unpaired) electrons. The van der Waals surface area contributed by atoms with Crippen LogP contribution >= 0.6 is 0 Å². The highest BCUT2D eigenvalue weighted by Crippen LogP contribution is 2.33. The van der Waals surface area contributed by atoms with Crippen molar-refractivity contribution in [3.63, 3.8) is 0 Å². The van der Waals surface area contributed by atoms with Gasteiger partial charge in [-0.2, -0.15) is 13.2 Å². The molecule has 1 rings (SSSR count). The summed E-state index contributed by atoms with van der Waals surface area (Å²) in [7, 11) is 1.53. The fourth-order valence-electron chi connectivity index (χ4n) is 1.69. The second kappa shape index (κ2) is 6.75. The summed E-state index contributed by atoms with van der Waals surface area (Å²) in [6, 6.07) is 5.97. The van der Waals surface area contributed by atoms with Gasteiger partial charge < -0.3 is 4.74 Å². The summed E-state index contributed by atoms with van der Waals surface area (Å²) in [5, 5.41) is 2.60. The second-order valence-corrected chi connectivity index (χ2v) is 4.23. The number of methoxy groups -OCH3 is 1. The van der Waals surface area contributed by atoms with Crippen molar-refractivity contribution in [1.82, 2.24) is 5.32 Å². The zero-order chi connectivity index (χ0) is 13.6. The molecule has 1 N–H and O–H groups in total. The Labute approximate surface area is 105 Å². The highest BCUT2D eigenvalue weighted by atomic mass is 19.4. The summed E-state index contributed by atoms with van der Waals surface area (Å²) in [6.45, 7) is 2.16. The number of nitrogens with one attached hydrogen (secondary N) is 1. The molecule has 18 heavy (non-hydrogen) atoms. The number of benzene rings is 1. The molecule has 2 nitrogen and oxygen atoms in total. The number of alkyl halides is 3. The Balaban J connectivity index is 2.75. The second-order valence-electron chi connectivity index (χ2n) is 4.23. The van der Waals surface area contributed by atoms with Crippen molar-refractivity contribution < 1.29 is 17.9 Å². The van der Waals surface area contributed by atoms with Gasteiger partial charge in [-0.25, -0.2) is 0 Å². The standard InChI is InChI=1S/C13H18F3NO/c1-10(8-9-18-2)17-12(13(14,15)16)11-6-4-3-5-7-11/h3-7,10,12,17H,8-9H2,1-2H3. The number of ether oxygens (including phenoxy) is 1. The van der Waals surface area contributed by atoms with Crippen molar-refractivity contribution in [3.05, 3.63) is 35.9 Å². The third kappa shape index (κ3) is 4.66. The Morgan fingerprint density at radius 3 is 2.33 bits per heavy atom. The molecule has 0 saturated carbocycles.